The van der Waals surface area contributed by atoms with Gasteiger partial charge in [-0.1, -0.05) is 5.16 Å². The van der Waals surface area contributed by atoms with Crippen LogP contribution in [0.2, 0.25) is 0 Å². The number of aromatic nitrogens is 1. The smallest absolute Gasteiger partial charge is 0.138 e. The molecule has 5 nitrogen and oxygen atoms in total. The molecule has 0 saturated carbocycles. The molecule has 0 saturated heterocycles. The largest absolute Gasteiger partial charge is 0.491 e. The van der Waals surface area contributed by atoms with Gasteiger partial charge < -0.3 is 19.7 Å². The molecule has 0 amide bonds. The van der Waals surface area contributed by atoms with E-state index in [-0.39, 0.29) is 12.4 Å². The zero-order valence-corrected chi connectivity index (χ0v) is 12.1. The maximum atomic E-state index is 12.7. The predicted molar refractivity (Wildman–Crippen MR) is 75.6 cm³/mol. The molecule has 0 radical (unpaired) electrons. The Hall–Kier alpha value is -1.92. The lowest BCUT2D eigenvalue weighted by Crippen LogP contribution is -2.31. The summed E-state index contributed by atoms with van der Waals surface area (Å²) in [7, 11) is 0. The van der Waals surface area contributed by atoms with Gasteiger partial charge >= 0.3 is 0 Å². The maximum absolute atomic E-state index is 12.7. The molecule has 0 aliphatic carbocycles. The van der Waals surface area contributed by atoms with Crippen LogP contribution in [-0.4, -0.2) is 29.5 Å². The van der Waals surface area contributed by atoms with Crippen molar-refractivity contribution in [2.24, 2.45) is 0 Å². The number of aryl methyl sites for hydroxylation is 2. The molecule has 21 heavy (non-hydrogen) atoms. The molecular formula is C15H19FN2O3. The lowest BCUT2D eigenvalue weighted by molar-refractivity contribution is 0.106. The molecule has 0 bridgehead atoms. The normalized spacial score (nSPS) is 12.4. The van der Waals surface area contributed by atoms with E-state index in [2.05, 4.69) is 10.5 Å². The van der Waals surface area contributed by atoms with Crippen LogP contribution in [0.1, 0.15) is 17.0 Å². The first-order chi connectivity index (χ1) is 10.1. The average molecular weight is 294 g/mol. The Labute approximate surface area is 122 Å². The molecule has 6 heteroatoms. The summed E-state index contributed by atoms with van der Waals surface area (Å²) in [5, 5.41) is 16.8. The number of rotatable bonds is 7. The minimum absolute atomic E-state index is 0.139. The number of benzene rings is 1. The van der Waals surface area contributed by atoms with E-state index in [0.29, 0.717) is 18.8 Å². The summed E-state index contributed by atoms with van der Waals surface area (Å²) in [6.07, 6.45) is -0.657. The summed E-state index contributed by atoms with van der Waals surface area (Å²) >= 11 is 0. The molecular weight excluding hydrogens is 275 g/mol. The van der Waals surface area contributed by atoms with Crippen LogP contribution in [0.3, 0.4) is 0 Å². The van der Waals surface area contributed by atoms with Crippen molar-refractivity contribution in [3.63, 3.8) is 0 Å². The highest BCUT2D eigenvalue weighted by Gasteiger charge is 2.10. The topological polar surface area (TPSA) is 67.5 Å². The van der Waals surface area contributed by atoms with Gasteiger partial charge in [0.25, 0.3) is 0 Å². The minimum atomic E-state index is -0.657. The van der Waals surface area contributed by atoms with E-state index in [1.54, 1.807) is 0 Å². The molecule has 0 fully saturated rings. The molecule has 1 heterocycles. The summed E-state index contributed by atoms with van der Waals surface area (Å²) in [5.74, 6) is 0.988. The second-order valence-corrected chi connectivity index (χ2v) is 4.85. The van der Waals surface area contributed by atoms with Gasteiger partial charge in [-0.25, -0.2) is 4.39 Å². The number of hydrogen-bond donors (Lipinski definition) is 2. The van der Waals surface area contributed by atoms with Crippen molar-refractivity contribution >= 4 is 0 Å². The fourth-order valence-electron chi connectivity index (χ4n) is 1.90. The Morgan fingerprint density at radius 2 is 2.05 bits per heavy atom. The summed E-state index contributed by atoms with van der Waals surface area (Å²) in [4.78, 5) is 0. The number of nitrogens with one attached hydrogen (secondary N) is 1. The third-order valence-corrected chi connectivity index (χ3v) is 3.12. The van der Waals surface area contributed by atoms with Gasteiger partial charge in [-0.2, -0.15) is 0 Å². The highest BCUT2D eigenvalue weighted by molar-refractivity contribution is 5.22. The molecule has 114 valence electrons. The van der Waals surface area contributed by atoms with E-state index in [9.17, 15) is 9.50 Å². The number of hydrogen-bond acceptors (Lipinski definition) is 5. The zero-order valence-electron chi connectivity index (χ0n) is 12.1. The molecule has 1 aromatic heterocycles. The second kappa shape index (κ2) is 7.19. The van der Waals surface area contributed by atoms with E-state index >= 15 is 0 Å². The van der Waals surface area contributed by atoms with Crippen LogP contribution in [0.5, 0.6) is 5.75 Å². The van der Waals surface area contributed by atoms with E-state index in [4.69, 9.17) is 9.26 Å². The molecule has 0 aliphatic rings. The Morgan fingerprint density at radius 3 is 2.67 bits per heavy atom. The SMILES string of the molecule is Cc1noc(C)c1CNCC(O)COc1ccc(F)cc1. The number of aliphatic hydroxyl groups excluding tert-OH is 1. The molecule has 2 N–H and O–H groups in total. The molecule has 0 spiro atoms. The van der Waals surface area contributed by atoms with Crippen LogP contribution in [0, 0.1) is 19.7 Å². The number of halogens is 1. The van der Waals surface area contributed by atoms with Crippen molar-refractivity contribution in [3.05, 3.63) is 47.1 Å². The quantitative estimate of drug-likeness (QED) is 0.817. The van der Waals surface area contributed by atoms with Crippen molar-refractivity contribution in [1.82, 2.24) is 10.5 Å². The van der Waals surface area contributed by atoms with Crippen LogP contribution in [-0.2, 0) is 6.54 Å². The van der Waals surface area contributed by atoms with Crippen LogP contribution in [0.25, 0.3) is 0 Å². The summed E-state index contributed by atoms with van der Waals surface area (Å²) < 4.78 is 23.2. The second-order valence-electron chi connectivity index (χ2n) is 4.85. The first-order valence-corrected chi connectivity index (χ1v) is 6.75. The van der Waals surface area contributed by atoms with Gasteiger partial charge in [0, 0.05) is 18.7 Å². The van der Waals surface area contributed by atoms with Gasteiger partial charge in [0.2, 0.25) is 0 Å². The fraction of sp³-hybridized carbons (Fsp3) is 0.400. The monoisotopic (exact) mass is 294 g/mol. The molecule has 2 aromatic rings. The van der Waals surface area contributed by atoms with Gasteiger partial charge in [-0.05, 0) is 38.1 Å². The Morgan fingerprint density at radius 1 is 1.33 bits per heavy atom. The fourth-order valence-corrected chi connectivity index (χ4v) is 1.90. The first kappa shape index (κ1) is 15.5. The van der Waals surface area contributed by atoms with E-state index in [1.807, 2.05) is 13.8 Å². The van der Waals surface area contributed by atoms with Gasteiger partial charge in [0.15, 0.2) is 0 Å². The third kappa shape index (κ3) is 4.54. The maximum Gasteiger partial charge on any atom is 0.138 e. The highest BCUT2D eigenvalue weighted by Crippen LogP contribution is 2.12. The number of nitrogens with zero attached hydrogens (tertiary/aromatic N) is 1. The molecule has 1 atom stereocenters. The van der Waals surface area contributed by atoms with Gasteiger partial charge in [0.05, 0.1) is 5.69 Å². The van der Waals surface area contributed by atoms with E-state index in [0.717, 1.165) is 17.0 Å². The molecule has 0 aliphatic heterocycles. The summed E-state index contributed by atoms with van der Waals surface area (Å²) in [6, 6.07) is 5.69. The van der Waals surface area contributed by atoms with Crippen molar-refractivity contribution in [2.75, 3.05) is 13.2 Å². The minimum Gasteiger partial charge on any atom is -0.491 e. The van der Waals surface area contributed by atoms with Crippen LogP contribution in [0.15, 0.2) is 28.8 Å². The van der Waals surface area contributed by atoms with Crippen LogP contribution in [0.4, 0.5) is 4.39 Å². The molecule has 1 aromatic carbocycles. The summed E-state index contributed by atoms with van der Waals surface area (Å²) in [6.45, 7) is 4.83. The van der Waals surface area contributed by atoms with Gasteiger partial charge in [-0.15, -0.1) is 0 Å². The number of aliphatic hydroxyl groups is 1. The molecule has 1 unspecified atom stereocenters. The molecule has 2 rings (SSSR count). The van der Waals surface area contributed by atoms with Crippen LogP contribution >= 0.6 is 0 Å². The van der Waals surface area contributed by atoms with Gasteiger partial charge in [0.1, 0.15) is 30.0 Å². The third-order valence-electron chi connectivity index (χ3n) is 3.12. The van der Waals surface area contributed by atoms with Gasteiger partial charge in [-0.3, -0.25) is 0 Å². The number of ether oxygens (including phenoxy) is 1. The predicted octanol–water partition coefficient (Wildman–Crippen LogP) is 1.96. The van der Waals surface area contributed by atoms with Crippen molar-refractivity contribution in [1.29, 1.82) is 0 Å². The highest BCUT2D eigenvalue weighted by atomic mass is 19.1. The average Bonchev–Trinajstić information content (AvgIpc) is 2.78. The zero-order chi connectivity index (χ0) is 15.2. The lowest BCUT2D eigenvalue weighted by atomic mass is 10.2. The van der Waals surface area contributed by atoms with E-state index in [1.165, 1.54) is 24.3 Å². The van der Waals surface area contributed by atoms with Crippen molar-refractivity contribution in [2.45, 2.75) is 26.5 Å². The van der Waals surface area contributed by atoms with E-state index < -0.39 is 6.10 Å². The Kier molecular flexibility index (Phi) is 5.30. The van der Waals surface area contributed by atoms with Crippen molar-refractivity contribution < 1.29 is 18.8 Å². The lowest BCUT2D eigenvalue weighted by Gasteiger charge is -2.13. The van der Waals surface area contributed by atoms with Crippen LogP contribution < -0.4 is 10.1 Å². The Balaban J connectivity index is 1.70. The van der Waals surface area contributed by atoms with Crippen molar-refractivity contribution in [3.8, 4) is 5.75 Å². The summed E-state index contributed by atoms with van der Waals surface area (Å²) in [5.41, 5.74) is 1.85. The standard InChI is InChI=1S/C15H19FN2O3/c1-10-15(11(2)21-18-10)8-17-7-13(19)9-20-14-5-3-12(16)4-6-14/h3-6,13,17,19H,7-9H2,1-2H3. The first-order valence-electron chi connectivity index (χ1n) is 6.75. The Bertz CT molecular complexity index is 549.